The lowest BCUT2D eigenvalue weighted by molar-refractivity contribution is -0.145. The summed E-state index contributed by atoms with van der Waals surface area (Å²) >= 11 is 0. The molecule has 0 aromatic carbocycles. The minimum absolute atomic E-state index is 0.105. The summed E-state index contributed by atoms with van der Waals surface area (Å²) in [5.74, 6) is 0.408. The molecule has 1 unspecified atom stereocenters. The molecule has 0 aromatic rings. The normalized spacial score (nSPS) is 12.6. The Morgan fingerprint density at radius 2 is 1.81 bits per heavy atom. The van der Waals surface area contributed by atoms with Crippen LogP contribution in [0.4, 0.5) is 0 Å². The van der Waals surface area contributed by atoms with Crippen LogP contribution in [-0.2, 0) is 19.0 Å². The molecule has 0 aliphatic rings. The van der Waals surface area contributed by atoms with Gasteiger partial charge in [0, 0.05) is 13.0 Å². The predicted molar refractivity (Wildman–Crippen MR) is 85.4 cm³/mol. The van der Waals surface area contributed by atoms with Crippen LogP contribution in [0.15, 0.2) is 0 Å². The lowest BCUT2D eigenvalue weighted by Crippen LogP contribution is -2.14. The van der Waals surface area contributed by atoms with Gasteiger partial charge in [0.15, 0.2) is 0 Å². The number of carbonyl (C=O) groups excluding carboxylic acids is 1. The van der Waals surface area contributed by atoms with E-state index in [1.807, 2.05) is 13.8 Å². The molecule has 4 nitrogen and oxygen atoms in total. The zero-order chi connectivity index (χ0) is 15.9. The van der Waals surface area contributed by atoms with Crippen molar-refractivity contribution in [2.24, 2.45) is 5.92 Å². The van der Waals surface area contributed by atoms with Crippen molar-refractivity contribution in [1.82, 2.24) is 0 Å². The van der Waals surface area contributed by atoms with Gasteiger partial charge in [-0.15, -0.1) is 0 Å². The van der Waals surface area contributed by atoms with E-state index in [0.29, 0.717) is 45.2 Å². The first-order valence-corrected chi connectivity index (χ1v) is 8.45. The second kappa shape index (κ2) is 14.3. The molecule has 0 saturated carbocycles. The number of carbonyl (C=O) groups is 1. The van der Waals surface area contributed by atoms with Crippen LogP contribution in [0, 0.1) is 5.92 Å². The van der Waals surface area contributed by atoms with Gasteiger partial charge >= 0.3 is 5.97 Å². The highest BCUT2D eigenvalue weighted by Crippen LogP contribution is 2.13. The van der Waals surface area contributed by atoms with Gasteiger partial charge < -0.3 is 14.2 Å². The maximum Gasteiger partial charge on any atom is 0.305 e. The molecule has 126 valence electrons. The van der Waals surface area contributed by atoms with Gasteiger partial charge in [-0.2, -0.15) is 0 Å². The molecule has 1 atom stereocenters. The van der Waals surface area contributed by atoms with Gasteiger partial charge in [0.1, 0.15) is 0 Å². The van der Waals surface area contributed by atoms with E-state index in [-0.39, 0.29) is 12.1 Å². The summed E-state index contributed by atoms with van der Waals surface area (Å²) < 4.78 is 16.1. The van der Waals surface area contributed by atoms with Crippen molar-refractivity contribution in [1.29, 1.82) is 0 Å². The molecule has 0 amide bonds. The summed E-state index contributed by atoms with van der Waals surface area (Å²) in [5.41, 5.74) is 0. The maximum absolute atomic E-state index is 11.6. The van der Waals surface area contributed by atoms with Gasteiger partial charge in [-0.3, -0.25) is 4.79 Å². The highest BCUT2D eigenvalue weighted by atomic mass is 16.5. The van der Waals surface area contributed by atoms with Crippen molar-refractivity contribution in [3.05, 3.63) is 0 Å². The third-order valence-corrected chi connectivity index (χ3v) is 3.37. The molecule has 0 saturated heterocycles. The second-order valence-electron chi connectivity index (χ2n) is 5.73. The Balaban J connectivity index is 3.45. The van der Waals surface area contributed by atoms with E-state index in [4.69, 9.17) is 14.2 Å². The van der Waals surface area contributed by atoms with Crippen molar-refractivity contribution in [3.63, 3.8) is 0 Å². The standard InChI is InChI=1S/C17H34O4/c1-5-7-9-16(6-2)14-21-17(18)10-8-11-19-12-13-20-15(3)4/h15-16H,5-14H2,1-4H3. The molecule has 0 aliphatic heterocycles. The molecule has 0 heterocycles. The van der Waals surface area contributed by atoms with Crippen LogP contribution < -0.4 is 0 Å². The summed E-state index contributed by atoms with van der Waals surface area (Å²) in [6.07, 6.45) is 6.03. The number of rotatable bonds is 14. The minimum atomic E-state index is -0.105. The average Bonchev–Trinajstić information content (AvgIpc) is 2.46. The molecule has 21 heavy (non-hydrogen) atoms. The Bertz CT molecular complexity index is 241. The van der Waals surface area contributed by atoms with Crippen LogP contribution in [0.5, 0.6) is 0 Å². The van der Waals surface area contributed by atoms with E-state index in [0.717, 1.165) is 12.8 Å². The maximum atomic E-state index is 11.6. The van der Waals surface area contributed by atoms with E-state index in [1.165, 1.54) is 12.8 Å². The monoisotopic (exact) mass is 302 g/mol. The van der Waals surface area contributed by atoms with Crippen LogP contribution in [0.25, 0.3) is 0 Å². The third kappa shape index (κ3) is 14.1. The largest absolute Gasteiger partial charge is 0.465 e. The van der Waals surface area contributed by atoms with E-state index in [9.17, 15) is 4.79 Å². The lowest BCUT2D eigenvalue weighted by Gasteiger charge is -2.14. The number of hydrogen-bond acceptors (Lipinski definition) is 4. The first-order valence-electron chi connectivity index (χ1n) is 8.45. The fourth-order valence-electron chi connectivity index (χ4n) is 1.94. The molecule has 0 fully saturated rings. The molecule has 0 aromatic heterocycles. The predicted octanol–water partition coefficient (Wildman–Crippen LogP) is 3.97. The number of esters is 1. The van der Waals surface area contributed by atoms with E-state index >= 15 is 0 Å². The summed E-state index contributed by atoms with van der Waals surface area (Å²) in [6.45, 7) is 10.7. The van der Waals surface area contributed by atoms with Crippen molar-refractivity contribution < 1.29 is 19.0 Å². The Morgan fingerprint density at radius 3 is 2.43 bits per heavy atom. The zero-order valence-corrected chi connectivity index (χ0v) is 14.4. The lowest BCUT2D eigenvalue weighted by atomic mass is 10.0. The highest BCUT2D eigenvalue weighted by Gasteiger charge is 2.09. The molecule has 0 bridgehead atoms. The van der Waals surface area contributed by atoms with Crippen LogP contribution in [0.3, 0.4) is 0 Å². The molecule has 0 spiro atoms. The molecule has 0 N–H and O–H groups in total. The molecule has 0 aliphatic carbocycles. The van der Waals surface area contributed by atoms with E-state index in [2.05, 4.69) is 13.8 Å². The zero-order valence-electron chi connectivity index (χ0n) is 14.4. The first kappa shape index (κ1) is 20.4. The second-order valence-corrected chi connectivity index (χ2v) is 5.73. The van der Waals surface area contributed by atoms with Crippen LogP contribution >= 0.6 is 0 Å². The summed E-state index contributed by atoms with van der Waals surface area (Å²) in [6, 6.07) is 0. The smallest absolute Gasteiger partial charge is 0.305 e. The Hall–Kier alpha value is -0.610. The molecular weight excluding hydrogens is 268 g/mol. The fraction of sp³-hybridized carbons (Fsp3) is 0.941. The Labute approximate surface area is 130 Å². The topological polar surface area (TPSA) is 44.8 Å². The molecule has 0 radical (unpaired) electrons. The average molecular weight is 302 g/mol. The number of unbranched alkanes of at least 4 members (excludes halogenated alkanes) is 1. The van der Waals surface area contributed by atoms with Gasteiger partial charge in [-0.1, -0.05) is 33.1 Å². The summed E-state index contributed by atoms with van der Waals surface area (Å²) in [7, 11) is 0. The third-order valence-electron chi connectivity index (χ3n) is 3.37. The van der Waals surface area contributed by atoms with Crippen LogP contribution in [0.1, 0.15) is 66.2 Å². The SMILES string of the molecule is CCCCC(CC)COC(=O)CCCOCCOC(C)C. The van der Waals surface area contributed by atoms with Gasteiger partial charge in [-0.05, 0) is 32.6 Å². The van der Waals surface area contributed by atoms with Crippen LogP contribution in [-0.4, -0.2) is 38.5 Å². The van der Waals surface area contributed by atoms with Gasteiger partial charge in [0.25, 0.3) is 0 Å². The van der Waals surface area contributed by atoms with Gasteiger partial charge in [-0.25, -0.2) is 0 Å². The van der Waals surface area contributed by atoms with Crippen LogP contribution in [0.2, 0.25) is 0 Å². The summed E-state index contributed by atoms with van der Waals surface area (Å²) in [4.78, 5) is 11.6. The number of hydrogen-bond donors (Lipinski definition) is 0. The quantitative estimate of drug-likeness (QED) is 0.360. The van der Waals surface area contributed by atoms with Crippen molar-refractivity contribution in [3.8, 4) is 0 Å². The Kier molecular flexibility index (Phi) is 13.9. The Morgan fingerprint density at radius 1 is 1.05 bits per heavy atom. The van der Waals surface area contributed by atoms with Gasteiger partial charge in [0.05, 0.1) is 25.9 Å². The summed E-state index contributed by atoms with van der Waals surface area (Å²) in [5, 5.41) is 0. The van der Waals surface area contributed by atoms with Crippen molar-refractivity contribution in [2.45, 2.75) is 72.3 Å². The highest BCUT2D eigenvalue weighted by molar-refractivity contribution is 5.69. The molecular formula is C17H34O4. The first-order chi connectivity index (χ1) is 10.1. The fourth-order valence-corrected chi connectivity index (χ4v) is 1.94. The van der Waals surface area contributed by atoms with E-state index in [1.54, 1.807) is 0 Å². The minimum Gasteiger partial charge on any atom is -0.465 e. The van der Waals surface area contributed by atoms with Crippen molar-refractivity contribution in [2.75, 3.05) is 26.4 Å². The number of ether oxygens (including phenoxy) is 3. The molecule has 0 rings (SSSR count). The van der Waals surface area contributed by atoms with Gasteiger partial charge in [0.2, 0.25) is 0 Å². The van der Waals surface area contributed by atoms with E-state index < -0.39 is 0 Å². The van der Waals surface area contributed by atoms with Crippen molar-refractivity contribution >= 4 is 5.97 Å². The molecule has 4 heteroatoms.